The lowest BCUT2D eigenvalue weighted by Gasteiger charge is -2.13. The van der Waals surface area contributed by atoms with Crippen LogP contribution in [-0.2, 0) is 0 Å². The Morgan fingerprint density at radius 2 is 1.54 bits per heavy atom. The third-order valence-electron chi connectivity index (χ3n) is 3.17. The molecule has 2 rings (SSSR count). The molecule has 0 heterocycles. The number of benzene rings is 2. The molecule has 0 aliphatic heterocycles. The van der Waals surface area contributed by atoms with Gasteiger partial charge in [-0.1, -0.05) is 0 Å². The molecule has 0 bridgehead atoms. The highest BCUT2D eigenvalue weighted by atomic mass is 127. The molecule has 3 N–H and O–H groups in total. The van der Waals surface area contributed by atoms with Crippen LogP contribution in [0.1, 0.15) is 20.8 Å². The quantitative estimate of drug-likeness (QED) is 0.355. The Kier molecular flexibility index (Phi) is 9.18. The van der Waals surface area contributed by atoms with E-state index in [-0.39, 0.29) is 42.0 Å². The predicted octanol–water partition coefficient (Wildman–Crippen LogP) is 4.43. The van der Waals surface area contributed by atoms with E-state index in [1.54, 1.807) is 12.1 Å². The number of nitrogens with two attached hydrogens (primary N) is 1. The van der Waals surface area contributed by atoms with Crippen LogP contribution in [0, 0.1) is 5.82 Å². The first kappa shape index (κ1) is 22.0. The van der Waals surface area contributed by atoms with E-state index in [9.17, 15) is 4.39 Å². The highest BCUT2D eigenvalue weighted by Gasteiger charge is 2.04. The van der Waals surface area contributed by atoms with E-state index in [4.69, 9.17) is 15.2 Å². The minimum Gasteiger partial charge on any atom is -0.491 e. The van der Waals surface area contributed by atoms with Gasteiger partial charge in [0, 0.05) is 5.69 Å². The number of rotatable bonds is 7. The van der Waals surface area contributed by atoms with E-state index in [2.05, 4.69) is 10.3 Å². The fourth-order valence-electron chi connectivity index (χ4n) is 2.09. The molecular weight excluding hydrogens is 448 g/mol. The molecule has 0 aliphatic carbocycles. The van der Waals surface area contributed by atoms with Gasteiger partial charge in [0.15, 0.2) is 5.96 Å². The second-order valence-electron chi connectivity index (χ2n) is 5.92. The normalized spacial score (nSPS) is 12.3. The number of guanidine groups is 1. The van der Waals surface area contributed by atoms with Gasteiger partial charge in [0.2, 0.25) is 0 Å². The van der Waals surface area contributed by atoms with Crippen molar-refractivity contribution in [2.45, 2.75) is 33.0 Å². The Morgan fingerprint density at radius 1 is 1.00 bits per heavy atom. The minimum atomic E-state index is -0.295. The standard InChI is InChI=1S/C19H24FN3O2.HI/c1-13(2)24-17-10-6-16(7-11-17)23-19(21)22-12-14(3)25-18-8-4-15(20)5-9-18;/h4-11,13-14H,12H2,1-3H3,(H3,21,22,23);1H. The summed E-state index contributed by atoms with van der Waals surface area (Å²) in [5.41, 5.74) is 6.71. The monoisotopic (exact) mass is 473 g/mol. The summed E-state index contributed by atoms with van der Waals surface area (Å²) in [4.78, 5) is 4.26. The van der Waals surface area contributed by atoms with Gasteiger partial charge in [0.05, 0.1) is 12.6 Å². The van der Waals surface area contributed by atoms with Gasteiger partial charge >= 0.3 is 0 Å². The molecule has 5 nitrogen and oxygen atoms in total. The predicted molar refractivity (Wildman–Crippen MR) is 114 cm³/mol. The zero-order valence-electron chi connectivity index (χ0n) is 15.1. The van der Waals surface area contributed by atoms with E-state index in [1.165, 1.54) is 12.1 Å². The third-order valence-corrected chi connectivity index (χ3v) is 3.17. The molecule has 142 valence electrons. The summed E-state index contributed by atoms with van der Waals surface area (Å²) in [5, 5.41) is 3.02. The van der Waals surface area contributed by atoms with E-state index in [0.29, 0.717) is 18.3 Å². The first-order valence-corrected chi connectivity index (χ1v) is 8.18. The first-order valence-electron chi connectivity index (χ1n) is 8.18. The Hall–Kier alpha value is -2.03. The van der Waals surface area contributed by atoms with Crippen molar-refractivity contribution in [3.8, 4) is 11.5 Å². The fourth-order valence-corrected chi connectivity index (χ4v) is 2.09. The van der Waals surface area contributed by atoms with Crippen molar-refractivity contribution in [3.63, 3.8) is 0 Å². The van der Waals surface area contributed by atoms with Gasteiger partial charge in [-0.25, -0.2) is 9.38 Å². The molecular formula is C19H25FIN3O2. The van der Waals surface area contributed by atoms with Gasteiger partial charge in [0.1, 0.15) is 23.4 Å². The third kappa shape index (κ3) is 7.90. The SMILES string of the molecule is CC(C)Oc1ccc(NC(N)=NCC(C)Oc2ccc(F)cc2)cc1.I. The summed E-state index contributed by atoms with van der Waals surface area (Å²) < 4.78 is 24.1. The molecule has 0 radical (unpaired) electrons. The molecule has 1 atom stereocenters. The minimum absolute atomic E-state index is 0. The largest absolute Gasteiger partial charge is 0.491 e. The molecule has 0 saturated heterocycles. The molecule has 0 aliphatic rings. The Labute approximate surface area is 170 Å². The van der Waals surface area contributed by atoms with Crippen molar-refractivity contribution in [1.82, 2.24) is 0 Å². The maximum atomic E-state index is 12.9. The van der Waals surface area contributed by atoms with Crippen LogP contribution in [0.2, 0.25) is 0 Å². The van der Waals surface area contributed by atoms with Crippen molar-refractivity contribution >= 4 is 35.6 Å². The zero-order chi connectivity index (χ0) is 18.2. The van der Waals surface area contributed by atoms with Crippen LogP contribution in [0.15, 0.2) is 53.5 Å². The molecule has 0 fully saturated rings. The fraction of sp³-hybridized carbons (Fsp3) is 0.316. The number of nitrogens with zero attached hydrogens (tertiary/aromatic N) is 1. The molecule has 0 aromatic heterocycles. The van der Waals surface area contributed by atoms with Gasteiger partial charge in [-0.3, -0.25) is 0 Å². The molecule has 2 aromatic carbocycles. The van der Waals surface area contributed by atoms with Gasteiger partial charge in [-0.05, 0) is 69.3 Å². The number of halogens is 2. The molecule has 0 amide bonds. The van der Waals surface area contributed by atoms with Crippen LogP contribution >= 0.6 is 24.0 Å². The number of ether oxygens (including phenoxy) is 2. The molecule has 2 aromatic rings. The highest BCUT2D eigenvalue weighted by Crippen LogP contribution is 2.17. The van der Waals surface area contributed by atoms with Crippen LogP contribution in [0.25, 0.3) is 0 Å². The lowest BCUT2D eigenvalue weighted by atomic mass is 10.3. The topological polar surface area (TPSA) is 68.9 Å². The number of anilines is 1. The second-order valence-corrected chi connectivity index (χ2v) is 5.92. The Morgan fingerprint density at radius 3 is 2.12 bits per heavy atom. The lowest BCUT2D eigenvalue weighted by molar-refractivity contribution is 0.230. The number of hydrogen-bond acceptors (Lipinski definition) is 3. The van der Waals surface area contributed by atoms with Gasteiger partial charge < -0.3 is 20.5 Å². The number of aliphatic imine (C=N–C) groups is 1. The highest BCUT2D eigenvalue weighted by molar-refractivity contribution is 14.0. The van der Waals surface area contributed by atoms with E-state index < -0.39 is 0 Å². The number of hydrogen-bond donors (Lipinski definition) is 2. The average molecular weight is 473 g/mol. The average Bonchev–Trinajstić information content (AvgIpc) is 2.56. The molecule has 7 heteroatoms. The van der Waals surface area contributed by atoms with Crippen LogP contribution in [0.4, 0.5) is 10.1 Å². The molecule has 0 saturated carbocycles. The first-order chi connectivity index (χ1) is 11.9. The van der Waals surface area contributed by atoms with Gasteiger partial charge in [-0.2, -0.15) is 0 Å². The number of nitrogens with one attached hydrogen (secondary N) is 1. The Balaban J connectivity index is 0.00000338. The van der Waals surface area contributed by atoms with Crippen molar-refractivity contribution < 1.29 is 13.9 Å². The summed E-state index contributed by atoms with van der Waals surface area (Å²) in [6, 6.07) is 13.4. The van der Waals surface area contributed by atoms with Crippen molar-refractivity contribution in [2.24, 2.45) is 10.7 Å². The maximum Gasteiger partial charge on any atom is 0.193 e. The van der Waals surface area contributed by atoms with Gasteiger partial charge in [0.25, 0.3) is 0 Å². The van der Waals surface area contributed by atoms with Crippen LogP contribution < -0.4 is 20.5 Å². The summed E-state index contributed by atoms with van der Waals surface area (Å²) in [6.45, 7) is 6.21. The molecule has 26 heavy (non-hydrogen) atoms. The van der Waals surface area contributed by atoms with Crippen LogP contribution in [0.3, 0.4) is 0 Å². The van der Waals surface area contributed by atoms with Crippen molar-refractivity contribution in [2.75, 3.05) is 11.9 Å². The summed E-state index contributed by atoms with van der Waals surface area (Å²) in [5.74, 6) is 1.40. The van der Waals surface area contributed by atoms with E-state index >= 15 is 0 Å². The van der Waals surface area contributed by atoms with E-state index in [0.717, 1.165) is 11.4 Å². The molecule has 0 spiro atoms. The second kappa shape index (κ2) is 10.8. The Bertz CT molecular complexity index is 691. The zero-order valence-corrected chi connectivity index (χ0v) is 17.4. The summed E-state index contributed by atoms with van der Waals surface area (Å²) >= 11 is 0. The summed E-state index contributed by atoms with van der Waals surface area (Å²) in [7, 11) is 0. The van der Waals surface area contributed by atoms with Gasteiger partial charge in [-0.15, -0.1) is 24.0 Å². The van der Waals surface area contributed by atoms with E-state index in [1.807, 2.05) is 45.0 Å². The molecule has 1 unspecified atom stereocenters. The van der Waals surface area contributed by atoms with Crippen molar-refractivity contribution in [1.29, 1.82) is 0 Å². The van der Waals surface area contributed by atoms with Crippen molar-refractivity contribution in [3.05, 3.63) is 54.3 Å². The van der Waals surface area contributed by atoms with Crippen LogP contribution in [-0.4, -0.2) is 24.7 Å². The lowest BCUT2D eigenvalue weighted by Crippen LogP contribution is -2.25. The summed E-state index contributed by atoms with van der Waals surface area (Å²) in [6.07, 6.45) is -0.0549. The smallest absolute Gasteiger partial charge is 0.193 e. The maximum absolute atomic E-state index is 12.9. The van der Waals surface area contributed by atoms with Crippen LogP contribution in [0.5, 0.6) is 11.5 Å².